The number of imide groups is 1. The van der Waals surface area contributed by atoms with Crippen LogP contribution in [-0.4, -0.2) is 23.3 Å². The molecule has 3 nitrogen and oxygen atoms in total. The van der Waals surface area contributed by atoms with Crippen LogP contribution in [0.25, 0.3) is 0 Å². The van der Waals surface area contributed by atoms with E-state index in [0.717, 1.165) is 23.3 Å². The second-order valence-electron chi connectivity index (χ2n) is 9.33. The Hall–Kier alpha value is -1.64. The van der Waals surface area contributed by atoms with E-state index in [1.54, 1.807) is 4.90 Å². The van der Waals surface area contributed by atoms with Crippen LogP contribution < -0.4 is 0 Å². The molecule has 1 aromatic rings. The summed E-state index contributed by atoms with van der Waals surface area (Å²) in [4.78, 5) is 27.2. The highest BCUT2D eigenvalue weighted by Crippen LogP contribution is 2.60. The average Bonchev–Trinajstić information content (AvgIpc) is 2.82. The Balaban J connectivity index is 1.31. The minimum Gasteiger partial charge on any atom is -0.282 e. The summed E-state index contributed by atoms with van der Waals surface area (Å²) in [6, 6.07) is 10.1. The van der Waals surface area contributed by atoms with Crippen molar-refractivity contribution < 1.29 is 9.59 Å². The molecule has 5 fully saturated rings. The molecule has 1 aliphatic heterocycles. The molecule has 1 saturated heterocycles. The van der Waals surface area contributed by atoms with Gasteiger partial charge in [0.1, 0.15) is 0 Å². The van der Waals surface area contributed by atoms with E-state index >= 15 is 0 Å². The molecule has 0 spiro atoms. The van der Waals surface area contributed by atoms with Gasteiger partial charge >= 0.3 is 0 Å². The smallest absolute Gasteiger partial charge is 0.233 e. The second kappa shape index (κ2) is 5.69. The molecule has 2 amide bonds. The number of carbonyl (C=O) groups excluding carboxylic acids is 2. The van der Waals surface area contributed by atoms with Crippen LogP contribution in [0.15, 0.2) is 30.3 Å². The van der Waals surface area contributed by atoms with Crippen LogP contribution in [0.2, 0.25) is 0 Å². The molecule has 1 aromatic carbocycles. The molecule has 0 N–H and O–H groups in total. The van der Waals surface area contributed by atoms with Gasteiger partial charge in [0.2, 0.25) is 11.8 Å². The normalized spacial score (nSPS) is 39.4. The molecule has 0 aromatic heterocycles. The average molecular weight is 337 g/mol. The molecular weight excluding hydrogens is 310 g/mol. The van der Waals surface area contributed by atoms with Crippen molar-refractivity contribution in [3.8, 4) is 0 Å². The maximum atomic E-state index is 12.9. The Morgan fingerprint density at radius 3 is 2.12 bits per heavy atom. The number of carbonyl (C=O) groups is 2. The van der Waals surface area contributed by atoms with Gasteiger partial charge in [-0.3, -0.25) is 14.5 Å². The molecule has 0 radical (unpaired) electrons. The van der Waals surface area contributed by atoms with Crippen molar-refractivity contribution in [3.63, 3.8) is 0 Å². The number of amides is 2. The first-order valence-electron chi connectivity index (χ1n) is 9.98. The van der Waals surface area contributed by atoms with Crippen LogP contribution in [-0.2, 0) is 16.0 Å². The summed E-state index contributed by atoms with van der Waals surface area (Å²) in [6.45, 7) is 0.708. The van der Waals surface area contributed by atoms with Crippen molar-refractivity contribution in [1.29, 1.82) is 0 Å². The summed E-state index contributed by atoms with van der Waals surface area (Å²) < 4.78 is 0. The predicted octanol–water partition coefficient (Wildman–Crippen LogP) is 3.82. The summed E-state index contributed by atoms with van der Waals surface area (Å²) in [6.07, 6.45) is 9.05. The molecule has 4 bridgehead atoms. The maximum absolute atomic E-state index is 12.9. The molecular formula is C22H27NO2. The zero-order valence-electron chi connectivity index (χ0n) is 14.8. The molecule has 1 atom stereocenters. The van der Waals surface area contributed by atoms with Crippen molar-refractivity contribution in [2.45, 2.75) is 51.4 Å². The Morgan fingerprint density at radius 2 is 1.52 bits per heavy atom. The zero-order chi connectivity index (χ0) is 17.0. The predicted molar refractivity (Wildman–Crippen MR) is 95.6 cm³/mol. The largest absolute Gasteiger partial charge is 0.282 e. The summed E-state index contributed by atoms with van der Waals surface area (Å²) >= 11 is 0. The van der Waals surface area contributed by atoms with Crippen molar-refractivity contribution in [2.24, 2.45) is 29.1 Å². The standard InChI is InChI=1S/C22H27NO2/c24-20-10-19(9-15-4-2-1-3-5-15)21(25)23(20)14-22-11-16-6-17(12-22)8-18(7-16)13-22/h1-5,16-19H,6-14H2/t16?,17?,18?,19-,22?/m1/s1. The van der Waals surface area contributed by atoms with Gasteiger partial charge < -0.3 is 0 Å². The van der Waals surface area contributed by atoms with E-state index in [9.17, 15) is 9.59 Å². The molecule has 25 heavy (non-hydrogen) atoms. The summed E-state index contributed by atoms with van der Waals surface area (Å²) in [5, 5.41) is 0. The lowest BCUT2D eigenvalue weighted by Crippen LogP contribution is -2.52. The number of benzene rings is 1. The number of rotatable bonds is 4. The number of hydrogen-bond donors (Lipinski definition) is 0. The van der Waals surface area contributed by atoms with Gasteiger partial charge in [-0.05, 0) is 73.7 Å². The fraction of sp³-hybridized carbons (Fsp3) is 0.636. The molecule has 5 aliphatic rings. The lowest BCUT2D eigenvalue weighted by molar-refractivity contribution is -0.145. The van der Waals surface area contributed by atoms with Crippen LogP contribution in [0, 0.1) is 29.1 Å². The molecule has 4 saturated carbocycles. The molecule has 0 unspecified atom stereocenters. The first kappa shape index (κ1) is 15.6. The lowest BCUT2D eigenvalue weighted by Gasteiger charge is -2.57. The molecule has 6 rings (SSSR count). The van der Waals surface area contributed by atoms with Crippen molar-refractivity contribution in [1.82, 2.24) is 4.90 Å². The number of nitrogens with zero attached hydrogens (tertiary/aromatic N) is 1. The Labute approximate surface area is 149 Å². The van der Waals surface area contributed by atoms with E-state index in [4.69, 9.17) is 0 Å². The first-order valence-corrected chi connectivity index (χ1v) is 9.98. The monoisotopic (exact) mass is 337 g/mol. The van der Waals surface area contributed by atoms with Crippen LogP contribution in [0.3, 0.4) is 0 Å². The molecule has 3 heteroatoms. The van der Waals surface area contributed by atoms with E-state index in [1.165, 1.54) is 38.5 Å². The Morgan fingerprint density at radius 1 is 0.920 bits per heavy atom. The quantitative estimate of drug-likeness (QED) is 0.783. The minimum atomic E-state index is -0.149. The van der Waals surface area contributed by atoms with Gasteiger partial charge in [0.05, 0.1) is 5.92 Å². The Bertz CT molecular complexity index is 660. The topological polar surface area (TPSA) is 37.4 Å². The van der Waals surface area contributed by atoms with Gasteiger partial charge in [0.15, 0.2) is 0 Å². The third-order valence-electron chi connectivity index (χ3n) is 7.32. The van der Waals surface area contributed by atoms with Crippen LogP contribution in [0.5, 0.6) is 0 Å². The third-order valence-corrected chi connectivity index (χ3v) is 7.32. The molecule has 1 heterocycles. The highest BCUT2D eigenvalue weighted by Gasteiger charge is 2.53. The van der Waals surface area contributed by atoms with Gasteiger partial charge in [-0.15, -0.1) is 0 Å². The van der Waals surface area contributed by atoms with Crippen molar-refractivity contribution >= 4 is 11.8 Å². The first-order chi connectivity index (χ1) is 12.1. The fourth-order valence-electron chi connectivity index (χ4n) is 6.79. The van der Waals surface area contributed by atoms with Crippen LogP contribution >= 0.6 is 0 Å². The van der Waals surface area contributed by atoms with Crippen molar-refractivity contribution in [3.05, 3.63) is 35.9 Å². The van der Waals surface area contributed by atoms with Gasteiger partial charge in [0, 0.05) is 13.0 Å². The lowest BCUT2D eigenvalue weighted by atomic mass is 9.49. The van der Waals surface area contributed by atoms with Crippen molar-refractivity contribution in [2.75, 3.05) is 6.54 Å². The summed E-state index contributed by atoms with van der Waals surface area (Å²) in [5.41, 5.74) is 1.41. The summed E-state index contributed by atoms with van der Waals surface area (Å²) in [5.74, 6) is 2.59. The number of likely N-dealkylation sites (tertiary alicyclic amines) is 1. The van der Waals surface area contributed by atoms with E-state index in [-0.39, 0.29) is 23.1 Å². The van der Waals surface area contributed by atoms with Gasteiger partial charge in [-0.1, -0.05) is 30.3 Å². The zero-order valence-corrected chi connectivity index (χ0v) is 14.8. The fourth-order valence-corrected chi connectivity index (χ4v) is 6.79. The summed E-state index contributed by atoms with van der Waals surface area (Å²) in [7, 11) is 0. The van der Waals surface area contributed by atoms with Gasteiger partial charge in [-0.25, -0.2) is 0 Å². The van der Waals surface area contributed by atoms with E-state index in [1.807, 2.05) is 18.2 Å². The van der Waals surface area contributed by atoms with Gasteiger partial charge in [-0.2, -0.15) is 0 Å². The highest BCUT2D eigenvalue weighted by atomic mass is 16.2. The van der Waals surface area contributed by atoms with Crippen LogP contribution in [0.1, 0.15) is 50.5 Å². The molecule has 132 valence electrons. The van der Waals surface area contributed by atoms with Gasteiger partial charge in [0.25, 0.3) is 0 Å². The SMILES string of the molecule is O=C1C[C@@H](Cc2ccccc2)C(=O)N1CC12CC3CC(CC(C3)C1)C2. The van der Waals surface area contributed by atoms with E-state index in [2.05, 4.69) is 12.1 Å². The Kier molecular flexibility index (Phi) is 3.55. The third kappa shape index (κ3) is 2.72. The van der Waals surface area contributed by atoms with Crippen LogP contribution in [0.4, 0.5) is 0 Å². The molecule has 4 aliphatic carbocycles. The highest BCUT2D eigenvalue weighted by molar-refractivity contribution is 6.03. The van der Waals surface area contributed by atoms with E-state index < -0.39 is 0 Å². The second-order valence-corrected chi connectivity index (χ2v) is 9.33. The van der Waals surface area contributed by atoms with E-state index in [0.29, 0.717) is 19.4 Å². The minimum absolute atomic E-state index is 0.0710. The number of hydrogen-bond acceptors (Lipinski definition) is 2. The maximum Gasteiger partial charge on any atom is 0.233 e.